The van der Waals surface area contributed by atoms with Gasteiger partial charge in [-0.2, -0.15) is 0 Å². The number of imidazole rings is 1. The van der Waals surface area contributed by atoms with Gasteiger partial charge < -0.3 is 9.88 Å². The summed E-state index contributed by atoms with van der Waals surface area (Å²) < 4.78 is 29.1. The molecule has 0 saturated carbocycles. The Bertz CT molecular complexity index is 601. The Hall–Kier alpha value is -0.890. The molecule has 118 valence electrons. The molecular formula is C13H21ClN4O2S. The molecule has 0 spiro atoms. The molecule has 0 aromatic carbocycles. The van der Waals surface area contributed by atoms with Crippen molar-refractivity contribution in [1.29, 1.82) is 0 Å². The second-order valence-electron chi connectivity index (χ2n) is 5.29. The van der Waals surface area contributed by atoms with Gasteiger partial charge in [0, 0.05) is 32.3 Å². The smallest absolute Gasteiger partial charge is 0.259 e. The highest BCUT2D eigenvalue weighted by atomic mass is 35.5. The number of sulfonamides is 1. The molecule has 8 heteroatoms. The Labute approximate surface area is 131 Å². The minimum atomic E-state index is -3.50. The summed E-state index contributed by atoms with van der Waals surface area (Å²) in [7, 11) is -3.50. The van der Waals surface area contributed by atoms with E-state index >= 15 is 0 Å². The molecule has 1 aromatic rings. The lowest BCUT2D eigenvalue weighted by molar-refractivity contribution is 0.522. The summed E-state index contributed by atoms with van der Waals surface area (Å²) in [6.07, 6.45) is 7.65. The molecule has 0 amide bonds. The molecule has 0 atom stereocenters. The predicted molar refractivity (Wildman–Crippen MR) is 83.2 cm³/mol. The zero-order valence-electron chi connectivity index (χ0n) is 11.8. The first-order valence-electron chi connectivity index (χ1n) is 7.09. The van der Waals surface area contributed by atoms with Crippen molar-refractivity contribution in [2.75, 3.05) is 19.6 Å². The predicted octanol–water partition coefficient (Wildman–Crippen LogP) is 0.839. The van der Waals surface area contributed by atoms with E-state index in [1.165, 1.54) is 0 Å². The largest absolute Gasteiger partial charge is 0.333 e. The fourth-order valence-corrected chi connectivity index (χ4v) is 3.62. The SMILES string of the molecule is Cl.O=S(=O)(NCC1=CCNCC1)c1cn2c(n1)CCCC2. The first-order valence-corrected chi connectivity index (χ1v) is 8.58. The molecule has 3 heterocycles. The summed E-state index contributed by atoms with van der Waals surface area (Å²) in [5.74, 6) is 0.887. The summed E-state index contributed by atoms with van der Waals surface area (Å²) in [6, 6.07) is 0. The van der Waals surface area contributed by atoms with Gasteiger partial charge in [0.1, 0.15) is 5.82 Å². The molecule has 0 saturated heterocycles. The van der Waals surface area contributed by atoms with E-state index in [9.17, 15) is 8.42 Å². The quantitative estimate of drug-likeness (QED) is 0.801. The van der Waals surface area contributed by atoms with Gasteiger partial charge in [-0.3, -0.25) is 0 Å². The van der Waals surface area contributed by atoms with Gasteiger partial charge in [0.05, 0.1) is 0 Å². The van der Waals surface area contributed by atoms with Crippen LogP contribution < -0.4 is 10.0 Å². The van der Waals surface area contributed by atoms with E-state index in [4.69, 9.17) is 0 Å². The van der Waals surface area contributed by atoms with Crippen molar-refractivity contribution in [3.63, 3.8) is 0 Å². The van der Waals surface area contributed by atoms with Crippen LogP contribution in [-0.2, 0) is 23.0 Å². The summed E-state index contributed by atoms with van der Waals surface area (Å²) in [4.78, 5) is 4.27. The van der Waals surface area contributed by atoms with Gasteiger partial charge in [-0.25, -0.2) is 18.1 Å². The maximum atomic E-state index is 12.3. The van der Waals surface area contributed by atoms with Gasteiger partial charge >= 0.3 is 0 Å². The summed E-state index contributed by atoms with van der Waals surface area (Å²) in [5.41, 5.74) is 1.14. The van der Waals surface area contributed by atoms with Crippen LogP contribution in [0.15, 0.2) is 22.9 Å². The standard InChI is InChI=1S/C13H20N4O2S.ClH/c18-20(19,15-9-11-4-6-14-7-5-11)13-10-17-8-2-1-3-12(17)16-13;/h4,10,14-15H,1-3,5-9H2;1H. The van der Waals surface area contributed by atoms with Crippen molar-refractivity contribution >= 4 is 22.4 Å². The summed E-state index contributed by atoms with van der Waals surface area (Å²) in [5, 5.41) is 3.36. The van der Waals surface area contributed by atoms with Crippen LogP contribution in [0.1, 0.15) is 25.1 Å². The fourth-order valence-electron chi connectivity index (χ4n) is 2.61. The maximum Gasteiger partial charge on any atom is 0.259 e. The second-order valence-corrected chi connectivity index (χ2v) is 7.00. The van der Waals surface area contributed by atoms with Gasteiger partial charge in [-0.15, -0.1) is 12.4 Å². The number of rotatable bonds is 4. The topological polar surface area (TPSA) is 76.0 Å². The molecule has 0 unspecified atom stereocenters. The summed E-state index contributed by atoms with van der Waals surface area (Å²) in [6.45, 7) is 2.98. The molecule has 2 N–H and O–H groups in total. The van der Waals surface area contributed by atoms with Crippen molar-refractivity contribution in [1.82, 2.24) is 19.6 Å². The van der Waals surface area contributed by atoms with E-state index < -0.39 is 10.0 Å². The van der Waals surface area contributed by atoms with Crippen LogP contribution in [-0.4, -0.2) is 37.6 Å². The van der Waals surface area contributed by atoms with Gasteiger partial charge in [-0.1, -0.05) is 11.6 Å². The minimum absolute atomic E-state index is 0. The zero-order valence-corrected chi connectivity index (χ0v) is 13.5. The number of nitrogens with one attached hydrogen (secondary N) is 2. The fraction of sp³-hybridized carbons (Fsp3) is 0.615. The first-order chi connectivity index (χ1) is 9.65. The molecule has 3 rings (SSSR count). The number of hydrogen-bond donors (Lipinski definition) is 2. The van der Waals surface area contributed by atoms with Crippen molar-refractivity contribution in [2.24, 2.45) is 0 Å². The molecular weight excluding hydrogens is 312 g/mol. The summed E-state index contributed by atoms with van der Waals surface area (Å²) >= 11 is 0. The molecule has 0 aliphatic carbocycles. The first kappa shape index (κ1) is 16.5. The van der Waals surface area contributed by atoms with E-state index in [1.54, 1.807) is 6.20 Å². The zero-order chi connectivity index (χ0) is 14.0. The third-order valence-electron chi connectivity index (χ3n) is 3.81. The lowest BCUT2D eigenvalue weighted by atomic mass is 10.1. The van der Waals surface area contributed by atoms with Crippen LogP contribution in [0.2, 0.25) is 0 Å². The number of nitrogens with zero attached hydrogens (tertiary/aromatic N) is 2. The highest BCUT2D eigenvalue weighted by molar-refractivity contribution is 7.89. The number of aromatic nitrogens is 2. The van der Waals surface area contributed by atoms with Crippen LogP contribution in [0.4, 0.5) is 0 Å². The van der Waals surface area contributed by atoms with E-state index in [1.807, 2.05) is 10.6 Å². The Morgan fingerprint density at radius 3 is 2.90 bits per heavy atom. The highest BCUT2D eigenvalue weighted by Crippen LogP contribution is 2.17. The molecule has 6 nitrogen and oxygen atoms in total. The Morgan fingerprint density at radius 2 is 2.19 bits per heavy atom. The molecule has 0 fully saturated rings. The normalized spacial score (nSPS) is 18.6. The van der Waals surface area contributed by atoms with Crippen molar-refractivity contribution in [3.8, 4) is 0 Å². The third-order valence-corrected chi connectivity index (χ3v) is 5.08. The van der Waals surface area contributed by atoms with Crippen molar-refractivity contribution < 1.29 is 8.42 Å². The second kappa shape index (κ2) is 6.91. The Balaban J connectivity index is 0.00000161. The molecule has 0 radical (unpaired) electrons. The van der Waals surface area contributed by atoms with Gasteiger partial charge in [0.25, 0.3) is 10.0 Å². The van der Waals surface area contributed by atoms with Gasteiger partial charge in [0.15, 0.2) is 5.03 Å². The lowest BCUT2D eigenvalue weighted by Crippen LogP contribution is -2.30. The monoisotopic (exact) mass is 332 g/mol. The number of halogens is 1. The Kier molecular flexibility index (Phi) is 5.43. The molecule has 2 aliphatic heterocycles. The van der Waals surface area contributed by atoms with Crippen LogP contribution in [0, 0.1) is 0 Å². The van der Waals surface area contributed by atoms with Gasteiger partial charge in [-0.05, 0) is 25.8 Å². The minimum Gasteiger partial charge on any atom is -0.333 e. The number of hydrogen-bond acceptors (Lipinski definition) is 4. The lowest BCUT2D eigenvalue weighted by Gasteiger charge is -2.14. The molecule has 1 aromatic heterocycles. The number of aryl methyl sites for hydroxylation is 2. The van der Waals surface area contributed by atoms with E-state index in [-0.39, 0.29) is 17.4 Å². The van der Waals surface area contributed by atoms with Crippen LogP contribution >= 0.6 is 12.4 Å². The van der Waals surface area contributed by atoms with Crippen molar-refractivity contribution in [3.05, 3.63) is 23.7 Å². The molecule has 21 heavy (non-hydrogen) atoms. The number of fused-ring (bicyclic) bond motifs is 1. The van der Waals surface area contributed by atoms with Crippen LogP contribution in [0.25, 0.3) is 0 Å². The molecule has 0 bridgehead atoms. The van der Waals surface area contributed by atoms with Gasteiger partial charge in [0.2, 0.25) is 0 Å². The van der Waals surface area contributed by atoms with E-state index in [2.05, 4.69) is 15.0 Å². The van der Waals surface area contributed by atoms with Crippen LogP contribution in [0.3, 0.4) is 0 Å². The average molecular weight is 333 g/mol. The van der Waals surface area contributed by atoms with Crippen LogP contribution in [0.5, 0.6) is 0 Å². The molecule has 2 aliphatic rings. The third kappa shape index (κ3) is 3.85. The van der Waals surface area contributed by atoms with E-state index in [0.717, 1.165) is 56.7 Å². The average Bonchev–Trinajstić information content (AvgIpc) is 2.91. The van der Waals surface area contributed by atoms with E-state index in [0.29, 0.717) is 6.54 Å². The maximum absolute atomic E-state index is 12.3. The Morgan fingerprint density at radius 1 is 1.33 bits per heavy atom. The van der Waals surface area contributed by atoms with Crippen molar-refractivity contribution in [2.45, 2.75) is 37.3 Å². The highest BCUT2D eigenvalue weighted by Gasteiger charge is 2.21.